The summed E-state index contributed by atoms with van der Waals surface area (Å²) in [4.78, 5) is 52.1. The van der Waals surface area contributed by atoms with E-state index in [1.165, 1.54) is 25.3 Å². The number of carbonyl (C=O) groups is 2. The molecule has 11 rings (SSSR count). The highest BCUT2D eigenvalue weighted by molar-refractivity contribution is 8.44. The number of imidazole rings is 2. The van der Waals surface area contributed by atoms with Gasteiger partial charge in [0.2, 0.25) is 0 Å². The molecule has 320 valence electrons. The van der Waals surface area contributed by atoms with Crippen molar-refractivity contribution in [2.24, 2.45) is 0 Å². The third-order valence-corrected chi connectivity index (χ3v) is 14.3. The molecule has 0 aliphatic carbocycles. The number of fused-ring (bicyclic) bond motifs is 2. The Morgan fingerprint density at radius 1 is 0.613 bits per heavy atom. The van der Waals surface area contributed by atoms with Gasteiger partial charge in [0.1, 0.15) is 48.3 Å². The Labute approximate surface area is 359 Å². The van der Waals surface area contributed by atoms with Crippen LogP contribution in [0.25, 0.3) is 22.3 Å². The van der Waals surface area contributed by atoms with Crippen molar-refractivity contribution in [2.75, 3.05) is 37.1 Å². The Morgan fingerprint density at radius 3 is 1.45 bits per heavy atom. The number of benzene rings is 2. The molecule has 5 aliphatic heterocycles. The second-order valence-electron chi connectivity index (χ2n) is 15.0. The van der Waals surface area contributed by atoms with Crippen LogP contribution in [0, 0.1) is 0 Å². The molecule has 62 heavy (non-hydrogen) atoms. The van der Waals surface area contributed by atoms with Gasteiger partial charge in [-0.1, -0.05) is 60.9 Å². The predicted octanol–water partition coefficient (Wildman–Crippen LogP) is 4.40. The first-order valence-corrected chi connectivity index (χ1v) is 24.3. The number of hydrogen-bond donors (Lipinski definition) is 4. The first-order chi connectivity index (χ1) is 29.9. The fourth-order valence-electron chi connectivity index (χ4n) is 8.28. The maximum atomic E-state index is 14.2. The maximum Gasteiger partial charge on any atom is 0.386 e. The van der Waals surface area contributed by atoms with Crippen molar-refractivity contribution in [1.82, 2.24) is 39.0 Å². The van der Waals surface area contributed by atoms with E-state index < -0.39 is 86.7 Å². The van der Waals surface area contributed by atoms with Crippen LogP contribution in [0.5, 0.6) is 0 Å². The Bertz CT molecular complexity index is 2670. The molecule has 26 heteroatoms. The molecule has 0 radical (unpaired) electrons. The molecule has 0 saturated carbocycles. The van der Waals surface area contributed by atoms with Crippen LogP contribution in [-0.4, -0.2) is 113 Å². The van der Waals surface area contributed by atoms with Gasteiger partial charge in [-0.3, -0.25) is 36.8 Å². The van der Waals surface area contributed by atoms with Crippen molar-refractivity contribution in [2.45, 2.75) is 48.1 Å². The summed E-state index contributed by atoms with van der Waals surface area (Å²) >= 11 is 8.72. The van der Waals surface area contributed by atoms with Gasteiger partial charge in [-0.25, -0.2) is 39.0 Å². The molecule has 22 nitrogen and oxygen atoms in total. The standard InChI is InChI=1S/C36H32N10O12P2S2/c47-31(19-7-3-1-4-8-19)43-27-21-29(39-15-37-27)45(17-41-21)33-23-25-35(55-33,11-51-23)13-53-60(50,62)58-26-24-34(56-36(26,12-52-24)14-54-59(49,61)57-25)46-18-42-22-28(38-16-40-30(22)46)44-32(48)20-9-5-2-6-10-20/h1-10,15-18,23-26,33-34H,11-14H2,(H,49,61)(H,50,62)(H,37,39,43,47)(H,38,40,44,48)/t23-,24-,25+,26+,33-,34-,35-,36-,59+,60+/m1/s1. The maximum absolute atomic E-state index is 14.2. The minimum Gasteiger partial charge on any atom is -0.367 e. The lowest BCUT2D eigenvalue weighted by Crippen LogP contribution is -2.48. The molecule has 10 atom stereocenters. The lowest BCUT2D eigenvalue weighted by molar-refractivity contribution is -0.186. The first kappa shape index (κ1) is 40.1. The average Bonchev–Trinajstić information content (AvgIpc) is 4.13. The summed E-state index contributed by atoms with van der Waals surface area (Å²) in [6.45, 7) is -9.87. The Balaban J connectivity index is 0.859. The molecule has 4 bridgehead atoms. The normalized spacial score (nSPS) is 34.0. The van der Waals surface area contributed by atoms with Crippen molar-refractivity contribution >= 4 is 83.9 Å². The van der Waals surface area contributed by atoms with Gasteiger partial charge in [0, 0.05) is 11.1 Å². The lowest BCUT2D eigenvalue weighted by Gasteiger charge is -2.35. The van der Waals surface area contributed by atoms with E-state index in [0.29, 0.717) is 11.1 Å². The summed E-state index contributed by atoms with van der Waals surface area (Å²) in [5, 5.41) is 5.53. The van der Waals surface area contributed by atoms with E-state index in [1.807, 2.05) is 0 Å². The van der Waals surface area contributed by atoms with E-state index in [9.17, 15) is 18.7 Å². The molecular weight excluding hydrogens is 891 g/mol. The number of aromatic nitrogens is 8. The van der Waals surface area contributed by atoms with Crippen LogP contribution >= 0.6 is 38.1 Å². The monoisotopic (exact) mass is 922 g/mol. The van der Waals surface area contributed by atoms with E-state index in [2.05, 4.69) is 65.0 Å². The minimum atomic E-state index is -4.31. The molecule has 9 heterocycles. The summed E-state index contributed by atoms with van der Waals surface area (Å²) in [7, 11) is 0. The van der Waals surface area contributed by atoms with Crippen molar-refractivity contribution < 1.29 is 55.8 Å². The number of nitrogens with zero attached hydrogens (tertiary/aromatic N) is 8. The fraction of sp³-hybridized carbons (Fsp3) is 0.333. The predicted molar refractivity (Wildman–Crippen MR) is 219 cm³/mol. The molecule has 5 saturated heterocycles. The van der Waals surface area contributed by atoms with E-state index in [-0.39, 0.29) is 47.2 Å². The van der Waals surface area contributed by atoms with Crippen molar-refractivity contribution in [3.63, 3.8) is 0 Å². The Kier molecular flexibility index (Phi) is 9.68. The van der Waals surface area contributed by atoms with Gasteiger partial charge in [0.15, 0.2) is 46.4 Å². The number of anilines is 2. The molecule has 2 N–H and O–H groups in total. The van der Waals surface area contributed by atoms with Gasteiger partial charge in [-0.2, -0.15) is 0 Å². The third-order valence-electron chi connectivity index (χ3n) is 11.2. The number of amides is 2. The van der Waals surface area contributed by atoms with E-state index in [1.54, 1.807) is 69.8 Å². The number of hydrogen-bond acceptors (Lipinski definition) is 18. The van der Waals surface area contributed by atoms with E-state index >= 15 is 0 Å². The minimum absolute atomic E-state index is 0.145. The average molecular weight is 923 g/mol. The fourth-order valence-corrected chi connectivity index (χ4v) is 11.3. The highest BCUT2D eigenvalue weighted by atomic mass is 32.7. The van der Waals surface area contributed by atoms with Crippen LogP contribution in [0.1, 0.15) is 33.2 Å². The van der Waals surface area contributed by atoms with Crippen molar-refractivity contribution in [1.29, 1.82) is 0 Å². The Morgan fingerprint density at radius 2 is 1.03 bits per heavy atom. The van der Waals surface area contributed by atoms with E-state index in [4.69, 9.17) is 37.0 Å². The second-order valence-corrected chi connectivity index (χ2v) is 20.7. The third kappa shape index (κ3) is 6.77. The largest absolute Gasteiger partial charge is 0.386 e. The molecule has 0 unspecified atom stereocenters. The van der Waals surface area contributed by atoms with Crippen LogP contribution < -0.4 is 10.6 Å². The van der Waals surface area contributed by atoms with Crippen LogP contribution in [0.15, 0.2) is 86.0 Å². The smallest absolute Gasteiger partial charge is 0.367 e. The Hall–Kier alpha value is -4.68. The van der Waals surface area contributed by atoms with Gasteiger partial charge in [-0.15, -0.1) is 0 Å². The van der Waals surface area contributed by atoms with Gasteiger partial charge < -0.3 is 29.6 Å². The topological polar surface area (TPSA) is 253 Å². The summed E-state index contributed by atoms with van der Waals surface area (Å²) in [6, 6.07) is 17.2. The number of ether oxygens (including phenoxy) is 4. The van der Waals surface area contributed by atoms with Crippen molar-refractivity contribution in [3.8, 4) is 0 Å². The summed E-state index contributed by atoms with van der Waals surface area (Å²) in [5.41, 5.74) is -1.22. The SMILES string of the molecule is O=C(Nc1ncnc2c1ncn2[C@@H]1O[C@@]23CO[C@@H]1[C@@H]2O[P@@](=O)(S)OC[C@@]12CO[C@@H]([C@H](n4cnc5c(NC(=O)c6ccccc6)ncnc54)O1)[C@@H]2O[P@@](=O)(S)OC3)c1ccccc1. The van der Waals surface area contributed by atoms with Crippen LogP contribution in [-0.2, 0) is 46.2 Å². The number of nitrogens with one attached hydrogen (secondary N) is 2. The zero-order chi connectivity index (χ0) is 42.4. The summed E-state index contributed by atoms with van der Waals surface area (Å²) in [5.74, 6) is -0.509. The molecule has 5 fully saturated rings. The molecule has 2 aromatic carbocycles. The highest BCUT2D eigenvalue weighted by Gasteiger charge is 2.68. The van der Waals surface area contributed by atoms with Crippen LogP contribution in [0.2, 0.25) is 0 Å². The lowest BCUT2D eigenvalue weighted by atomic mass is 10.0. The van der Waals surface area contributed by atoms with Crippen LogP contribution in [0.3, 0.4) is 0 Å². The van der Waals surface area contributed by atoms with Gasteiger partial charge in [0.25, 0.3) is 11.8 Å². The molecule has 4 aromatic heterocycles. The number of rotatable bonds is 6. The second kappa shape index (κ2) is 15.0. The van der Waals surface area contributed by atoms with Gasteiger partial charge in [0.05, 0.1) is 39.1 Å². The highest BCUT2D eigenvalue weighted by Crippen LogP contribution is 2.65. The summed E-state index contributed by atoms with van der Waals surface area (Å²) in [6.07, 6.45) is -0.951. The summed E-state index contributed by atoms with van der Waals surface area (Å²) < 4.78 is 81.2. The zero-order valence-corrected chi connectivity index (χ0v) is 35.2. The van der Waals surface area contributed by atoms with Gasteiger partial charge >= 0.3 is 13.6 Å². The van der Waals surface area contributed by atoms with E-state index in [0.717, 1.165) is 0 Å². The van der Waals surface area contributed by atoms with Crippen LogP contribution in [0.4, 0.5) is 11.6 Å². The quantitative estimate of drug-likeness (QED) is 0.133. The van der Waals surface area contributed by atoms with Crippen molar-refractivity contribution in [3.05, 3.63) is 97.1 Å². The number of thiol groups is 2. The number of carbonyl (C=O) groups excluding carboxylic acids is 2. The molecular formula is C36H32N10O12P2S2. The van der Waals surface area contributed by atoms with Gasteiger partial charge in [-0.05, 0) is 24.3 Å². The molecule has 0 spiro atoms. The molecule has 5 aliphatic rings. The molecule has 2 amide bonds. The zero-order valence-electron chi connectivity index (χ0n) is 31.6. The molecule has 6 aromatic rings. The first-order valence-electron chi connectivity index (χ1n) is 18.9.